The SMILES string of the molecule is C=C(CC=O)c1cccs1. The monoisotopic (exact) mass is 152 g/mol. The van der Waals surface area contributed by atoms with Gasteiger partial charge in [-0.2, -0.15) is 0 Å². The largest absolute Gasteiger partial charge is 0.303 e. The molecule has 52 valence electrons. The molecule has 1 heterocycles. The smallest absolute Gasteiger partial charge is 0.124 e. The van der Waals surface area contributed by atoms with Crippen molar-refractivity contribution in [3.8, 4) is 0 Å². The Balaban J connectivity index is 2.68. The van der Waals surface area contributed by atoms with E-state index >= 15 is 0 Å². The molecule has 0 aliphatic heterocycles. The van der Waals surface area contributed by atoms with E-state index in [1.165, 1.54) is 0 Å². The summed E-state index contributed by atoms with van der Waals surface area (Å²) in [5.41, 5.74) is 0.907. The third kappa shape index (κ3) is 1.54. The van der Waals surface area contributed by atoms with Crippen LogP contribution in [0.3, 0.4) is 0 Å². The maximum atomic E-state index is 10.1. The van der Waals surface area contributed by atoms with Crippen molar-refractivity contribution >= 4 is 23.2 Å². The molecule has 0 aliphatic rings. The van der Waals surface area contributed by atoms with Crippen molar-refractivity contribution in [3.05, 3.63) is 29.0 Å². The number of carbonyl (C=O) groups is 1. The van der Waals surface area contributed by atoms with Crippen LogP contribution >= 0.6 is 11.3 Å². The Bertz CT molecular complexity index is 223. The zero-order valence-corrected chi connectivity index (χ0v) is 6.36. The van der Waals surface area contributed by atoms with Crippen LogP contribution in [0.15, 0.2) is 24.1 Å². The van der Waals surface area contributed by atoms with Gasteiger partial charge in [0.25, 0.3) is 0 Å². The molecule has 0 N–H and O–H groups in total. The number of hydrogen-bond donors (Lipinski definition) is 0. The summed E-state index contributed by atoms with van der Waals surface area (Å²) in [6, 6.07) is 3.92. The van der Waals surface area contributed by atoms with Gasteiger partial charge >= 0.3 is 0 Å². The number of hydrogen-bond acceptors (Lipinski definition) is 2. The van der Waals surface area contributed by atoms with Gasteiger partial charge in [-0.15, -0.1) is 11.3 Å². The van der Waals surface area contributed by atoms with Crippen molar-refractivity contribution in [2.75, 3.05) is 0 Å². The molecule has 0 unspecified atom stereocenters. The summed E-state index contributed by atoms with van der Waals surface area (Å²) in [7, 11) is 0. The van der Waals surface area contributed by atoms with Crippen LogP contribution in [0.4, 0.5) is 0 Å². The van der Waals surface area contributed by atoms with E-state index in [0.29, 0.717) is 6.42 Å². The van der Waals surface area contributed by atoms with Crippen LogP contribution in [0, 0.1) is 0 Å². The number of thiophene rings is 1. The Morgan fingerprint density at radius 2 is 2.60 bits per heavy atom. The highest BCUT2D eigenvalue weighted by atomic mass is 32.1. The topological polar surface area (TPSA) is 17.1 Å². The molecule has 0 spiro atoms. The van der Waals surface area contributed by atoms with E-state index in [4.69, 9.17) is 0 Å². The van der Waals surface area contributed by atoms with E-state index in [2.05, 4.69) is 6.58 Å². The van der Waals surface area contributed by atoms with Crippen LogP contribution in [0.25, 0.3) is 5.57 Å². The summed E-state index contributed by atoms with van der Waals surface area (Å²) >= 11 is 1.61. The van der Waals surface area contributed by atoms with E-state index < -0.39 is 0 Å². The van der Waals surface area contributed by atoms with E-state index in [9.17, 15) is 4.79 Å². The summed E-state index contributed by atoms with van der Waals surface area (Å²) in [6.07, 6.45) is 1.32. The third-order valence-electron chi connectivity index (χ3n) is 1.20. The van der Waals surface area contributed by atoms with Gasteiger partial charge in [-0.05, 0) is 17.0 Å². The lowest BCUT2D eigenvalue weighted by molar-refractivity contribution is -0.107. The van der Waals surface area contributed by atoms with Gasteiger partial charge in [-0.3, -0.25) is 0 Å². The first-order valence-electron chi connectivity index (χ1n) is 3.00. The van der Waals surface area contributed by atoms with Crippen molar-refractivity contribution in [2.24, 2.45) is 0 Å². The Labute approximate surface area is 64.0 Å². The predicted molar refractivity (Wildman–Crippen MR) is 44.0 cm³/mol. The standard InChI is InChI=1S/C8H8OS/c1-7(4-5-9)8-3-2-6-10-8/h2-3,5-6H,1,4H2. The summed E-state index contributed by atoms with van der Waals surface area (Å²) < 4.78 is 0. The van der Waals surface area contributed by atoms with Gasteiger partial charge in [0.2, 0.25) is 0 Å². The van der Waals surface area contributed by atoms with Gasteiger partial charge < -0.3 is 4.79 Å². The number of rotatable bonds is 3. The molecule has 0 radical (unpaired) electrons. The minimum absolute atomic E-state index is 0.445. The van der Waals surface area contributed by atoms with E-state index in [1.807, 2.05) is 17.5 Å². The predicted octanol–water partition coefficient (Wildman–Crippen LogP) is 2.35. The lowest BCUT2D eigenvalue weighted by Gasteiger charge is -1.92. The van der Waals surface area contributed by atoms with Gasteiger partial charge in [0.05, 0.1) is 0 Å². The van der Waals surface area contributed by atoms with Crippen molar-refractivity contribution < 1.29 is 4.79 Å². The first-order chi connectivity index (χ1) is 4.84. The average molecular weight is 152 g/mol. The van der Waals surface area contributed by atoms with Gasteiger partial charge in [0.1, 0.15) is 6.29 Å². The second-order valence-corrected chi connectivity index (χ2v) is 2.90. The maximum Gasteiger partial charge on any atom is 0.124 e. The molecule has 1 nitrogen and oxygen atoms in total. The fraction of sp³-hybridized carbons (Fsp3) is 0.125. The molecule has 0 bridgehead atoms. The fourth-order valence-electron chi connectivity index (χ4n) is 0.681. The average Bonchev–Trinajstić information content (AvgIpc) is 2.38. The zero-order valence-electron chi connectivity index (χ0n) is 5.54. The molecular weight excluding hydrogens is 144 g/mol. The van der Waals surface area contributed by atoms with Crippen LogP contribution < -0.4 is 0 Å². The quantitative estimate of drug-likeness (QED) is 0.607. The molecule has 2 heteroatoms. The summed E-state index contributed by atoms with van der Waals surface area (Å²) in [6.45, 7) is 3.77. The minimum Gasteiger partial charge on any atom is -0.303 e. The first kappa shape index (κ1) is 7.22. The normalized spacial score (nSPS) is 9.20. The lowest BCUT2D eigenvalue weighted by atomic mass is 10.2. The second-order valence-electron chi connectivity index (χ2n) is 1.95. The molecule has 10 heavy (non-hydrogen) atoms. The summed E-state index contributed by atoms with van der Waals surface area (Å²) in [5, 5.41) is 1.98. The van der Waals surface area contributed by atoms with Crippen LogP contribution in [0.1, 0.15) is 11.3 Å². The molecule has 0 saturated heterocycles. The van der Waals surface area contributed by atoms with Gasteiger partial charge in [-0.1, -0.05) is 12.6 Å². The maximum absolute atomic E-state index is 10.1. The first-order valence-corrected chi connectivity index (χ1v) is 3.88. The summed E-state index contributed by atoms with van der Waals surface area (Å²) in [5.74, 6) is 0. The Hall–Kier alpha value is -0.890. The van der Waals surface area contributed by atoms with Crippen molar-refractivity contribution in [2.45, 2.75) is 6.42 Å². The van der Waals surface area contributed by atoms with Crippen LogP contribution in [-0.2, 0) is 4.79 Å². The lowest BCUT2D eigenvalue weighted by Crippen LogP contribution is -1.77. The fourth-order valence-corrected chi connectivity index (χ4v) is 1.39. The molecule has 0 fully saturated rings. The minimum atomic E-state index is 0.445. The Morgan fingerprint density at radius 3 is 3.10 bits per heavy atom. The number of allylic oxidation sites excluding steroid dienone is 1. The van der Waals surface area contributed by atoms with Crippen molar-refractivity contribution in [1.29, 1.82) is 0 Å². The van der Waals surface area contributed by atoms with Crippen LogP contribution in [0.5, 0.6) is 0 Å². The zero-order chi connectivity index (χ0) is 7.40. The number of aldehydes is 1. The molecule has 0 aromatic carbocycles. The van der Waals surface area contributed by atoms with Crippen molar-refractivity contribution in [3.63, 3.8) is 0 Å². The van der Waals surface area contributed by atoms with E-state index in [-0.39, 0.29) is 0 Å². The third-order valence-corrected chi connectivity index (χ3v) is 2.17. The van der Waals surface area contributed by atoms with Gasteiger partial charge in [0.15, 0.2) is 0 Å². The molecule has 0 atom stereocenters. The van der Waals surface area contributed by atoms with Crippen LogP contribution in [-0.4, -0.2) is 6.29 Å². The highest BCUT2D eigenvalue weighted by Gasteiger charge is 1.96. The van der Waals surface area contributed by atoms with E-state index in [0.717, 1.165) is 16.7 Å². The highest BCUT2D eigenvalue weighted by molar-refractivity contribution is 7.11. The number of carbonyl (C=O) groups excluding carboxylic acids is 1. The molecule has 0 saturated carbocycles. The van der Waals surface area contributed by atoms with E-state index in [1.54, 1.807) is 11.3 Å². The van der Waals surface area contributed by atoms with Crippen molar-refractivity contribution in [1.82, 2.24) is 0 Å². The molecular formula is C8H8OS. The van der Waals surface area contributed by atoms with Crippen LogP contribution in [0.2, 0.25) is 0 Å². The Morgan fingerprint density at radius 1 is 1.80 bits per heavy atom. The highest BCUT2D eigenvalue weighted by Crippen LogP contribution is 2.19. The van der Waals surface area contributed by atoms with Gasteiger partial charge in [-0.25, -0.2) is 0 Å². The second kappa shape index (κ2) is 3.32. The molecule has 1 rings (SSSR count). The molecule has 0 amide bonds. The molecule has 1 aromatic heterocycles. The summed E-state index contributed by atoms with van der Waals surface area (Å²) in [4.78, 5) is 11.2. The van der Waals surface area contributed by atoms with Gasteiger partial charge in [0, 0.05) is 11.3 Å². The Kier molecular flexibility index (Phi) is 2.40. The molecule has 0 aliphatic carbocycles. The molecule has 1 aromatic rings.